The summed E-state index contributed by atoms with van der Waals surface area (Å²) in [4.78, 5) is 15.2. The molecule has 0 atom stereocenters. The number of rotatable bonds is 3. The van der Waals surface area contributed by atoms with E-state index < -0.39 is 5.97 Å². The highest BCUT2D eigenvalue weighted by Gasteiger charge is 2.14. The molecule has 0 radical (unpaired) electrons. The molecule has 1 aromatic carbocycles. The van der Waals surface area contributed by atoms with Crippen LogP contribution in [0.25, 0.3) is 0 Å². The first kappa shape index (κ1) is 14.1. The molecule has 4 heteroatoms. The van der Waals surface area contributed by atoms with Gasteiger partial charge >= 0.3 is 5.97 Å². The number of ether oxygens (including phenoxy) is 1. The molecule has 0 amide bonds. The monoisotopic (exact) mass is 271 g/mol. The summed E-state index contributed by atoms with van der Waals surface area (Å²) in [6, 6.07) is 5.61. The van der Waals surface area contributed by atoms with E-state index in [1.165, 1.54) is 6.20 Å². The number of carboxylic acid groups (broad SMARTS) is 1. The molecule has 0 saturated carbocycles. The maximum absolute atomic E-state index is 11.2. The van der Waals surface area contributed by atoms with E-state index in [2.05, 4.69) is 11.1 Å². The minimum atomic E-state index is -1.05. The van der Waals surface area contributed by atoms with Crippen LogP contribution in [-0.2, 0) is 0 Å². The molecule has 0 unspecified atom stereocenters. The Morgan fingerprint density at radius 2 is 1.80 bits per heavy atom. The lowest BCUT2D eigenvalue weighted by molar-refractivity contribution is 0.0693. The van der Waals surface area contributed by atoms with Crippen LogP contribution in [-0.4, -0.2) is 16.1 Å². The van der Waals surface area contributed by atoms with Crippen LogP contribution >= 0.6 is 0 Å². The molecule has 1 heterocycles. The van der Waals surface area contributed by atoms with Crippen molar-refractivity contribution in [3.05, 3.63) is 52.3 Å². The van der Waals surface area contributed by atoms with Crippen molar-refractivity contribution >= 4 is 5.97 Å². The van der Waals surface area contributed by atoms with Gasteiger partial charge in [-0.1, -0.05) is 6.07 Å². The number of aromatic nitrogens is 1. The zero-order valence-electron chi connectivity index (χ0n) is 12.0. The van der Waals surface area contributed by atoms with Gasteiger partial charge in [-0.25, -0.2) is 4.79 Å². The Balaban J connectivity index is 2.50. The maximum atomic E-state index is 11.2. The molecule has 0 aliphatic carbocycles. The fourth-order valence-corrected chi connectivity index (χ4v) is 2.01. The summed E-state index contributed by atoms with van der Waals surface area (Å²) in [5.41, 5.74) is 3.97. The Morgan fingerprint density at radius 1 is 1.10 bits per heavy atom. The van der Waals surface area contributed by atoms with Gasteiger partial charge in [0.2, 0.25) is 0 Å². The largest absolute Gasteiger partial charge is 0.477 e. The zero-order valence-corrected chi connectivity index (χ0v) is 12.0. The van der Waals surface area contributed by atoms with E-state index >= 15 is 0 Å². The highest BCUT2D eigenvalue weighted by Crippen LogP contribution is 2.30. The Kier molecular flexibility index (Phi) is 3.74. The van der Waals surface area contributed by atoms with E-state index in [4.69, 9.17) is 4.74 Å². The van der Waals surface area contributed by atoms with E-state index in [9.17, 15) is 9.90 Å². The number of aryl methyl sites for hydroxylation is 3. The smallest absolute Gasteiger partial charge is 0.341 e. The van der Waals surface area contributed by atoms with Gasteiger partial charge in [0.25, 0.3) is 0 Å². The van der Waals surface area contributed by atoms with Crippen molar-refractivity contribution in [2.24, 2.45) is 0 Å². The summed E-state index contributed by atoms with van der Waals surface area (Å²) >= 11 is 0. The van der Waals surface area contributed by atoms with Gasteiger partial charge in [0.05, 0.1) is 0 Å². The Hall–Kier alpha value is -2.36. The second kappa shape index (κ2) is 5.33. The molecule has 0 fully saturated rings. The third-order valence-electron chi connectivity index (χ3n) is 3.22. The van der Waals surface area contributed by atoms with Crippen molar-refractivity contribution < 1.29 is 14.6 Å². The molecule has 2 rings (SSSR count). The normalized spacial score (nSPS) is 10.4. The Morgan fingerprint density at radius 3 is 2.45 bits per heavy atom. The predicted molar refractivity (Wildman–Crippen MR) is 76.7 cm³/mol. The van der Waals surface area contributed by atoms with Crippen LogP contribution in [0.1, 0.15) is 32.7 Å². The van der Waals surface area contributed by atoms with Gasteiger partial charge in [0, 0.05) is 18.0 Å². The summed E-state index contributed by atoms with van der Waals surface area (Å²) < 4.78 is 5.82. The van der Waals surface area contributed by atoms with E-state index in [1.807, 2.05) is 26.8 Å². The first-order chi connectivity index (χ1) is 9.38. The molecule has 2 aromatic rings. The minimum Gasteiger partial charge on any atom is -0.477 e. The topological polar surface area (TPSA) is 59.4 Å². The summed E-state index contributed by atoms with van der Waals surface area (Å²) in [6.45, 7) is 7.74. The highest BCUT2D eigenvalue weighted by molar-refractivity contribution is 5.90. The number of benzene rings is 1. The average molecular weight is 271 g/mol. The molecule has 104 valence electrons. The maximum Gasteiger partial charge on any atom is 0.341 e. The van der Waals surface area contributed by atoms with Crippen LogP contribution in [0, 0.1) is 27.7 Å². The lowest BCUT2D eigenvalue weighted by Crippen LogP contribution is -2.03. The average Bonchev–Trinajstić information content (AvgIpc) is 2.35. The molecular formula is C16H17NO3. The molecule has 0 bridgehead atoms. The number of nitrogens with zero attached hydrogens (tertiary/aromatic N) is 1. The molecule has 0 aliphatic rings. The third-order valence-corrected chi connectivity index (χ3v) is 3.22. The minimum absolute atomic E-state index is 0.0640. The molecule has 0 saturated heterocycles. The lowest BCUT2D eigenvalue weighted by Gasteiger charge is -2.14. The number of aromatic carboxylic acids is 1. The summed E-state index contributed by atoms with van der Waals surface area (Å²) in [7, 11) is 0. The summed E-state index contributed by atoms with van der Waals surface area (Å²) in [5, 5.41) is 9.19. The fraction of sp³-hybridized carbons (Fsp3) is 0.250. The second-order valence-corrected chi connectivity index (χ2v) is 4.93. The second-order valence-electron chi connectivity index (χ2n) is 4.93. The number of carboxylic acids is 1. The van der Waals surface area contributed by atoms with Gasteiger partial charge in [-0.05, 0) is 50.5 Å². The fourth-order valence-electron chi connectivity index (χ4n) is 2.01. The van der Waals surface area contributed by atoms with Crippen LogP contribution in [0.4, 0.5) is 0 Å². The summed E-state index contributed by atoms with van der Waals surface area (Å²) in [6.07, 6.45) is 1.32. The van der Waals surface area contributed by atoms with Gasteiger partial charge in [-0.15, -0.1) is 0 Å². The van der Waals surface area contributed by atoms with Crippen molar-refractivity contribution in [3.63, 3.8) is 0 Å². The van der Waals surface area contributed by atoms with E-state index in [1.54, 1.807) is 13.0 Å². The molecule has 0 aliphatic heterocycles. The van der Waals surface area contributed by atoms with E-state index in [0.717, 1.165) is 16.7 Å². The number of pyridine rings is 1. The number of hydrogen-bond acceptors (Lipinski definition) is 3. The van der Waals surface area contributed by atoms with Crippen LogP contribution < -0.4 is 4.74 Å². The van der Waals surface area contributed by atoms with Gasteiger partial charge in [-0.3, -0.25) is 4.98 Å². The van der Waals surface area contributed by atoms with Crippen LogP contribution in [0.15, 0.2) is 24.4 Å². The highest BCUT2D eigenvalue weighted by atomic mass is 16.5. The number of hydrogen-bond donors (Lipinski definition) is 1. The predicted octanol–water partition coefficient (Wildman–Crippen LogP) is 3.81. The van der Waals surface area contributed by atoms with Crippen LogP contribution in [0.5, 0.6) is 11.5 Å². The van der Waals surface area contributed by atoms with Crippen molar-refractivity contribution in [2.45, 2.75) is 27.7 Å². The Labute approximate surface area is 118 Å². The molecule has 1 aromatic heterocycles. The van der Waals surface area contributed by atoms with Crippen molar-refractivity contribution in [3.8, 4) is 11.5 Å². The van der Waals surface area contributed by atoms with E-state index in [-0.39, 0.29) is 5.56 Å². The van der Waals surface area contributed by atoms with Crippen LogP contribution in [0.2, 0.25) is 0 Å². The standard InChI is InChI=1S/C16H17NO3/c1-9-5-10(2)12(4)14(6-9)20-15-7-11(3)17-8-13(15)16(18)19/h5-8H,1-4H3,(H,18,19). The first-order valence-electron chi connectivity index (χ1n) is 6.34. The molecule has 0 spiro atoms. The number of carbonyl (C=O) groups is 1. The molecule has 1 N–H and O–H groups in total. The van der Waals surface area contributed by atoms with Crippen LogP contribution in [0.3, 0.4) is 0 Å². The molecular weight excluding hydrogens is 254 g/mol. The molecule has 4 nitrogen and oxygen atoms in total. The first-order valence-corrected chi connectivity index (χ1v) is 6.34. The zero-order chi connectivity index (χ0) is 14.9. The lowest BCUT2D eigenvalue weighted by atomic mass is 10.1. The van der Waals surface area contributed by atoms with E-state index in [0.29, 0.717) is 17.2 Å². The van der Waals surface area contributed by atoms with Gasteiger partial charge in [0.1, 0.15) is 17.1 Å². The Bertz CT molecular complexity index is 678. The third kappa shape index (κ3) is 2.79. The van der Waals surface area contributed by atoms with Gasteiger partial charge in [-0.2, -0.15) is 0 Å². The summed E-state index contributed by atoms with van der Waals surface area (Å²) in [5.74, 6) is -0.0526. The van der Waals surface area contributed by atoms with Crippen molar-refractivity contribution in [1.29, 1.82) is 0 Å². The van der Waals surface area contributed by atoms with Crippen molar-refractivity contribution in [2.75, 3.05) is 0 Å². The quantitative estimate of drug-likeness (QED) is 0.922. The van der Waals surface area contributed by atoms with Crippen molar-refractivity contribution in [1.82, 2.24) is 4.98 Å². The molecule has 20 heavy (non-hydrogen) atoms. The van der Waals surface area contributed by atoms with Gasteiger partial charge < -0.3 is 9.84 Å². The SMILES string of the molecule is Cc1cc(C)c(C)c(Oc2cc(C)ncc2C(=O)O)c1. The van der Waals surface area contributed by atoms with Gasteiger partial charge in [0.15, 0.2) is 0 Å².